The van der Waals surface area contributed by atoms with Crippen LogP contribution in [0.4, 0.5) is 5.82 Å². The second kappa shape index (κ2) is 10.3. The maximum atomic E-state index is 12.0. The summed E-state index contributed by atoms with van der Waals surface area (Å²) in [7, 11) is 0. The van der Waals surface area contributed by atoms with Gasteiger partial charge in [0, 0.05) is 23.6 Å². The molecule has 0 saturated carbocycles. The van der Waals surface area contributed by atoms with E-state index in [1.165, 1.54) is 17.2 Å². The Labute approximate surface area is 216 Å². The number of rotatable bonds is 7. The number of amides is 1. The van der Waals surface area contributed by atoms with Crippen molar-refractivity contribution in [1.82, 2.24) is 24.8 Å². The lowest BCUT2D eigenvalue weighted by Gasteiger charge is -2.19. The molecular weight excluding hydrogens is 494 g/mol. The quantitative estimate of drug-likeness (QED) is 0.219. The molecule has 1 aromatic carbocycles. The van der Waals surface area contributed by atoms with Crippen molar-refractivity contribution in [2.45, 2.75) is 56.4 Å². The highest BCUT2D eigenvalue weighted by atomic mass is 16.6. The Balaban J connectivity index is 1.37. The maximum Gasteiger partial charge on any atom is 0.320 e. The molecule has 38 heavy (non-hydrogen) atoms. The minimum atomic E-state index is -1.29. The summed E-state index contributed by atoms with van der Waals surface area (Å²) < 4.78 is 7.53. The smallest absolute Gasteiger partial charge is 0.320 e. The van der Waals surface area contributed by atoms with Gasteiger partial charge in [0.2, 0.25) is 0 Å². The Morgan fingerprint density at radius 1 is 1.24 bits per heavy atom. The molecule has 0 aliphatic carbocycles. The van der Waals surface area contributed by atoms with Gasteiger partial charge < -0.3 is 36.8 Å². The van der Waals surface area contributed by atoms with Gasteiger partial charge in [0.15, 0.2) is 17.7 Å². The van der Waals surface area contributed by atoms with Crippen LogP contribution in [0.15, 0.2) is 30.9 Å². The van der Waals surface area contributed by atoms with Gasteiger partial charge in [0.1, 0.15) is 30.1 Å². The number of fused-ring (bicyclic) bond motifs is 2. The van der Waals surface area contributed by atoms with Crippen molar-refractivity contribution in [3.05, 3.63) is 47.5 Å². The number of carbonyl (C=O) groups is 2. The van der Waals surface area contributed by atoms with Gasteiger partial charge >= 0.3 is 5.97 Å². The summed E-state index contributed by atoms with van der Waals surface area (Å²) in [6, 6.07) is 4.29. The van der Waals surface area contributed by atoms with Gasteiger partial charge in [-0.2, -0.15) is 0 Å². The highest BCUT2D eigenvalue weighted by Gasteiger charge is 2.45. The molecular formula is C25H27N7O6. The van der Waals surface area contributed by atoms with Gasteiger partial charge in [0.25, 0.3) is 5.91 Å². The maximum absolute atomic E-state index is 12.0. The number of nitrogens with two attached hydrogens (primary N) is 2. The summed E-state index contributed by atoms with van der Waals surface area (Å²) in [5, 5.41) is 33.6. The normalized spacial score (nSPS) is 23.9. The van der Waals surface area contributed by atoms with E-state index in [2.05, 4.69) is 32.1 Å². The minimum absolute atomic E-state index is 0.151. The summed E-state index contributed by atoms with van der Waals surface area (Å²) >= 11 is 0. The Hall–Kier alpha value is -4.09. The second-order valence-corrected chi connectivity index (χ2v) is 9.41. The van der Waals surface area contributed by atoms with Crippen molar-refractivity contribution >= 4 is 28.9 Å². The summed E-state index contributed by atoms with van der Waals surface area (Å²) in [4.78, 5) is 35.5. The van der Waals surface area contributed by atoms with Gasteiger partial charge in [-0.15, -0.1) is 0 Å². The van der Waals surface area contributed by atoms with Crippen molar-refractivity contribution in [2.75, 3.05) is 5.73 Å². The lowest BCUT2D eigenvalue weighted by atomic mass is 9.92. The van der Waals surface area contributed by atoms with Crippen LogP contribution < -0.4 is 16.8 Å². The Kier molecular flexibility index (Phi) is 6.96. The number of nitrogen functional groups attached to an aromatic ring is 1. The molecule has 2 aliphatic heterocycles. The summed E-state index contributed by atoms with van der Waals surface area (Å²) in [5.74, 6) is 4.65. The number of aliphatic hydroxyl groups excluding tert-OH is 2. The van der Waals surface area contributed by atoms with E-state index in [0.717, 1.165) is 5.56 Å². The topological polar surface area (TPSA) is 212 Å². The van der Waals surface area contributed by atoms with E-state index >= 15 is 0 Å². The Bertz CT molecular complexity index is 1450. The fourth-order valence-electron chi connectivity index (χ4n) is 4.72. The van der Waals surface area contributed by atoms with Crippen LogP contribution in [0.3, 0.4) is 0 Å². The number of hydrogen-bond acceptors (Lipinski definition) is 10. The molecule has 5 rings (SSSR count). The van der Waals surface area contributed by atoms with Gasteiger partial charge in [-0.1, -0.05) is 17.9 Å². The van der Waals surface area contributed by atoms with E-state index in [0.29, 0.717) is 35.3 Å². The number of ether oxygens (including phenoxy) is 1. The highest BCUT2D eigenvalue weighted by Crippen LogP contribution is 2.35. The number of nitrogens with zero attached hydrogens (tertiary/aromatic N) is 4. The molecule has 0 radical (unpaired) electrons. The number of carboxylic acid groups (broad SMARTS) is 1. The number of carbonyl (C=O) groups excluding carboxylic acids is 1. The monoisotopic (exact) mass is 521 g/mol. The van der Waals surface area contributed by atoms with Crippen molar-refractivity contribution in [2.24, 2.45) is 11.7 Å². The first-order valence-corrected chi connectivity index (χ1v) is 12.1. The van der Waals surface area contributed by atoms with E-state index < -0.39 is 42.5 Å². The number of aliphatic hydroxyl groups is 2. The first-order valence-electron chi connectivity index (χ1n) is 12.1. The average Bonchev–Trinajstić information content (AvgIpc) is 3.58. The first kappa shape index (κ1) is 25.6. The Morgan fingerprint density at radius 3 is 2.84 bits per heavy atom. The molecule has 3 aromatic rings. The molecule has 1 saturated heterocycles. The molecule has 13 heteroatoms. The number of imidazole rings is 1. The van der Waals surface area contributed by atoms with Crippen LogP contribution in [0.2, 0.25) is 0 Å². The van der Waals surface area contributed by atoms with Crippen LogP contribution >= 0.6 is 0 Å². The Morgan fingerprint density at radius 2 is 2.05 bits per heavy atom. The summed E-state index contributed by atoms with van der Waals surface area (Å²) in [6.45, 7) is 0.475. The molecule has 1 amide bonds. The number of anilines is 1. The fourth-order valence-corrected chi connectivity index (χ4v) is 4.72. The molecule has 13 nitrogen and oxygen atoms in total. The zero-order valence-electron chi connectivity index (χ0n) is 20.2. The molecule has 6 atom stereocenters. The van der Waals surface area contributed by atoms with Crippen LogP contribution in [0.5, 0.6) is 0 Å². The van der Waals surface area contributed by atoms with Crippen LogP contribution in [-0.4, -0.2) is 71.1 Å². The van der Waals surface area contributed by atoms with Crippen LogP contribution in [0.25, 0.3) is 11.2 Å². The van der Waals surface area contributed by atoms with Crippen molar-refractivity contribution in [1.29, 1.82) is 0 Å². The number of nitrogens with one attached hydrogen (secondary N) is 1. The average molecular weight is 522 g/mol. The molecule has 0 unspecified atom stereocenters. The predicted molar refractivity (Wildman–Crippen MR) is 133 cm³/mol. The molecule has 0 bridgehead atoms. The molecule has 0 spiro atoms. The van der Waals surface area contributed by atoms with E-state index in [1.54, 1.807) is 6.07 Å². The highest BCUT2D eigenvalue weighted by molar-refractivity contribution is 5.98. The van der Waals surface area contributed by atoms with Gasteiger partial charge in [-0.25, -0.2) is 15.0 Å². The van der Waals surface area contributed by atoms with Crippen LogP contribution in [-0.2, 0) is 16.1 Å². The third-order valence-corrected chi connectivity index (χ3v) is 6.87. The number of aliphatic carboxylic acids is 1. The fraction of sp³-hybridized carbons (Fsp3) is 0.400. The van der Waals surface area contributed by atoms with Gasteiger partial charge in [-0.05, 0) is 37.0 Å². The second-order valence-electron chi connectivity index (χ2n) is 9.41. The van der Waals surface area contributed by atoms with E-state index in [9.17, 15) is 24.9 Å². The summed E-state index contributed by atoms with van der Waals surface area (Å²) in [6.07, 6.45) is -1.01. The number of carboxylic acids is 1. The van der Waals surface area contributed by atoms with Crippen LogP contribution in [0, 0.1) is 17.8 Å². The molecule has 8 N–H and O–H groups in total. The molecule has 198 valence electrons. The molecule has 1 fully saturated rings. The number of aromatic nitrogens is 4. The lowest BCUT2D eigenvalue weighted by molar-refractivity contribution is -0.138. The number of hydrogen-bond donors (Lipinski definition) is 6. The predicted octanol–water partition coefficient (Wildman–Crippen LogP) is -0.479. The molecule has 2 aliphatic rings. The largest absolute Gasteiger partial charge is 0.480 e. The van der Waals surface area contributed by atoms with E-state index in [1.807, 2.05) is 12.1 Å². The van der Waals surface area contributed by atoms with Crippen molar-refractivity contribution < 1.29 is 29.6 Å². The first-order chi connectivity index (χ1) is 18.2. The zero-order chi connectivity index (χ0) is 27.0. The van der Waals surface area contributed by atoms with Gasteiger partial charge in [-0.3, -0.25) is 14.2 Å². The standard InChI is InChI=1S/C25H27N7O6/c26-16(25(36)37)6-4-13(2-1-12-3-5-14-9-28-23(35)15(14)7-12)8-17-19(33)20(34)24(38-17)32-11-31-18-21(27)29-10-30-22(18)32/h3,5,7,10-11,13,16-17,19-20,24,33-34H,4,6,8-9,26H2,(H,28,35)(H,36,37)(H2,27,29,30)/t13-,16-,17+,19+,20+,24+/m0/s1. The van der Waals surface area contributed by atoms with Gasteiger partial charge in [0.05, 0.1) is 12.4 Å². The molecule has 4 heterocycles. The summed E-state index contributed by atoms with van der Waals surface area (Å²) in [5.41, 5.74) is 14.3. The minimum Gasteiger partial charge on any atom is -0.480 e. The lowest BCUT2D eigenvalue weighted by Crippen LogP contribution is -2.33. The number of benzene rings is 1. The SMILES string of the molecule is Nc1ncnc2c1ncn2[C@@H]1O[C@H](C[C@@H](C#Cc2ccc3c(c2)C(=O)NC3)CC[C@H](N)C(=O)O)[C@@H](O)[C@H]1O. The zero-order valence-corrected chi connectivity index (χ0v) is 20.2. The van der Waals surface area contributed by atoms with Crippen molar-refractivity contribution in [3.8, 4) is 11.8 Å². The van der Waals surface area contributed by atoms with Crippen LogP contribution in [0.1, 0.15) is 47.0 Å². The van der Waals surface area contributed by atoms with Crippen molar-refractivity contribution in [3.63, 3.8) is 0 Å². The molecule has 2 aromatic heterocycles. The van der Waals surface area contributed by atoms with E-state index in [4.69, 9.17) is 16.2 Å². The van der Waals surface area contributed by atoms with E-state index in [-0.39, 0.29) is 24.6 Å². The third kappa shape index (κ3) is 4.90. The third-order valence-electron chi connectivity index (χ3n) is 6.87.